The maximum absolute atomic E-state index is 13.7. The van der Waals surface area contributed by atoms with Crippen molar-refractivity contribution in [1.82, 2.24) is 15.2 Å². The lowest BCUT2D eigenvalue weighted by Crippen LogP contribution is -2.44. The highest BCUT2D eigenvalue weighted by atomic mass is 19.1. The van der Waals surface area contributed by atoms with E-state index in [1.54, 1.807) is 4.90 Å². The van der Waals surface area contributed by atoms with Crippen LogP contribution in [0, 0.1) is 17.0 Å². The van der Waals surface area contributed by atoms with Crippen molar-refractivity contribution in [3.8, 4) is 0 Å². The summed E-state index contributed by atoms with van der Waals surface area (Å²) in [5, 5.41) is 2.69. The number of hydrogen-bond donors (Lipinski definition) is 2. The van der Waals surface area contributed by atoms with E-state index in [-0.39, 0.29) is 29.0 Å². The van der Waals surface area contributed by atoms with Crippen molar-refractivity contribution in [3.63, 3.8) is 0 Å². The van der Waals surface area contributed by atoms with Crippen molar-refractivity contribution in [1.29, 1.82) is 0 Å². The Hall–Kier alpha value is -2.44. The molecule has 2 aromatic rings. The fourth-order valence-electron chi connectivity index (χ4n) is 3.55. The molecule has 132 valence electrons. The van der Waals surface area contributed by atoms with E-state index in [9.17, 15) is 18.4 Å². The first-order valence-corrected chi connectivity index (χ1v) is 8.50. The zero-order valence-corrected chi connectivity index (χ0v) is 13.7. The Bertz CT molecular complexity index is 847. The van der Waals surface area contributed by atoms with Gasteiger partial charge in [0.2, 0.25) is 5.91 Å². The molecule has 25 heavy (non-hydrogen) atoms. The molecule has 1 aliphatic heterocycles. The van der Waals surface area contributed by atoms with Crippen molar-refractivity contribution in [2.24, 2.45) is 5.41 Å². The number of aromatic nitrogens is 1. The van der Waals surface area contributed by atoms with Crippen molar-refractivity contribution in [2.75, 3.05) is 19.6 Å². The van der Waals surface area contributed by atoms with Crippen LogP contribution in [0.2, 0.25) is 0 Å². The van der Waals surface area contributed by atoms with E-state index in [1.807, 2.05) is 0 Å². The Kier molecular flexibility index (Phi) is 3.74. The Balaban J connectivity index is 1.37. The van der Waals surface area contributed by atoms with Gasteiger partial charge in [-0.15, -0.1) is 0 Å². The van der Waals surface area contributed by atoms with Gasteiger partial charge in [0.15, 0.2) is 0 Å². The molecule has 5 nitrogen and oxygen atoms in total. The van der Waals surface area contributed by atoms with Crippen molar-refractivity contribution in [3.05, 3.63) is 35.5 Å². The molecule has 2 heterocycles. The number of rotatable bonds is 3. The minimum atomic E-state index is -0.733. The van der Waals surface area contributed by atoms with Crippen LogP contribution in [0.5, 0.6) is 0 Å². The molecule has 2 amide bonds. The summed E-state index contributed by atoms with van der Waals surface area (Å²) in [6, 6.07) is 3.22. The first-order valence-electron chi connectivity index (χ1n) is 8.50. The summed E-state index contributed by atoms with van der Waals surface area (Å²) in [6.45, 7) is 1.38. The Labute approximate surface area is 143 Å². The molecular weight excluding hydrogens is 328 g/mol. The lowest BCUT2D eigenvalue weighted by molar-refractivity contribution is -0.131. The SMILES string of the molecule is O=C(NCC(=O)N1CCC2(CC1)CC2)c1cc2c(F)cc(F)cc2[nH]1. The molecule has 4 rings (SSSR count). The molecule has 1 aromatic carbocycles. The quantitative estimate of drug-likeness (QED) is 0.896. The van der Waals surface area contributed by atoms with Crippen molar-refractivity contribution < 1.29 is 18.4 Å². The third-order valence-electron chi connectivity index (χ3n) is 5.43. The fourth-order valence-corrected chi connectivity index (χ4v) is 3.55. The Morgan fingerprint density at radius 2 is 1.84 bits per heavy atom. The van der Waals surface area contributed by atoms with E-state index in [0.717, 1.165) is 38.1 Å². The van der Waals surface area contributed by atoms with Crippen LogP contribution in [0.25, 0.3) is 10.9 Å². The van der Waals surface area contributed by atoms with Gasteiger partial charge in [-0.1, -0.05) is 0 Å². The van der Waals surface area contributed by atoms with Crippen LogP contribution >= 0.6 is 0 Å². The van der Waals surface area contributed by atoms with Gasteiger partial charge >= 0.3 is 0 Å². The summed E-state index contributed by atoms with van der Waals surface area (Å²) in [6.07, 6.45) is 4.62. The number of carbonyl (C=O) groups excluding carboxylic acids is 2. The van der Waals surface area contributed by atoms with Crippen molar-refractivity contribution in [2.45, 2.75) is 25.7 Å². The molecule has 1 spiro atoms. The van der Waals surface area contributed by atoms with Crippen LogP contribution in [0.3, 0.4) is 0 Å². The minimum Gasteiger partial charge on any atom is -0.350 e. The molecule has 0 radical (unpaired) electrons. The van der Waals surface area contributed by atoms with Crippen LogP contribution in [-0.2, 0) is 4.79 Å². The molecule has 0 atom stereocenters. The summed E-state index contributed by atoms with van der Waals surface area (Å²) in [5.74, 6) is -2.08. The number of hydrogen-bond acceptors (Lipinski definition) is 2. The van der Waals surface area contributed by atoms with E-state index < -0.39 is 17.5 Å². The number of H-pyrrole nitrogens is 1. The lowest BCUT2D eigenvalue weighted by atomic mass is 9.94. The number of carbonyl (C=O) groups is 2. The van der Waals surface area contributed by atoms with E-state index in [2.05, 4.69) is 10.3 Å². The van der Waals surface area contributed by atoms with Gasteiger partial charge in [-0.05, 0) is 43.2 Å². The predicted octanol–water partition coefficient (Wildman–Crippen LogP) is 2.58. The zero-order chi connectivity index (χ0) is 17.6. The second-order valence-corrected chi connectivity index (χ2v) is 7.10. The van der Waals surface area contributed by atoms with Gasteiger partial charge in [0.1, 0.15) is 17.3 Å². The monoisotopic (exact) mass is 347 g/mol. The number of nitrogens with one attached hydrogen (secondary N) is 2. The molecule has 1 saturated carbocycles. The van der Waals surface area contributed by atoms with Crippen molar-refractivity contribution >= 4 is 22.7 Å². The maximum atomic E-state index is 13.7. The Morgan fingerprint density at radius 3 is 2.52 bits per heavy atom. The van der Waals surface area contributed by atoms with Gasteiger partial charge < -0.3 is 15.2 Å². The molecule has 2 fully saturated rings. The van der Waals surface area contributed by atoms with Gasteiger partial charge in [-0.3, -0.25) is 9.59 Å². The standard InChI is InChI=1S/C18H19F2N3O2/c19-11-7-13(20)12-9-15(22-14(12)8-11)17(25)21-10-16(24)23-5-3-18(1-2-18)4-6-23/h7-9,22H,1-6,10H2,(H,21,25). The molecule has 7 heteroatoms. The molecular formula is C18H19F2N3O2. The second-order valence-electron chi connectivity index (χ2n) is 7.10. The van der Waals surface area contributed by atoms with Gasteiger partial charge in [-0.25, -0.2) is 8.78 Å². The summed E-state index contributed by atoms with van der Waals surface area (Å²) < 4.78 is 26.9. The largest absolute Gasteiger partial charge is 0.350 e. The highest BCUT2D eigenvalue weighted by Crippen LogP contribution is 2.53. The predicted molar refractivity (Wildman–Crippen MR) is 88.0 cm³/mol. The van der Waals surface area contributed by atoms with Gasteiger partial charge in [-0.2, -0.15) is 0 Å². The average molecular weight is 347 g/mol. The molecule has 2 N–H and O–H groups in total. The summed E-state index contributed by atoms with van der Waals surface area (Å²) in [7, 11) is 0. The highest BCUT2D eigenvalue weighted by molar-refractivity contribution is 5.99. The van der Waals surface area contributed by atoms with Crippen LogP contribution in [-0.4, -0.2) is 41.3 Å². The van der Waals surface area contributed by atoms with Crippen LogP contribution in [0.1, 0.15) is 36.2 Å². The number of piperidine rings is 1. The molecule has 1 aliphatic carbocycles. The minimum absolute atomic E-state index is 0.0992. The third-order valence-corrected chi connectivity index (χ3v) is 5.43. The molecule has 0 unspecified atom stereocenters. The fraction of sp³-hybridized carbons (Fsp3) is 0.444. The number of amides is 2. The summed E-state index contributed by atoms with van der Waals surface area (Å²) >= 11 is 0. The van der Waals surface area contributed by atoms with Gasteiger partial charge in [0, 0.05) is 24.5 Å². The number of nitrogens with zero attached hydrogens (tertiary/aromatic N) is 1. The van der Waals surface area contributed by atoms with Gasteiger partial charge in [0.05, 0.1) is 12.1 Å². The van der Waals surface area contributed by atoms with E-state index >= 15 is 0 Å². The van der Waals surface area contributed by atoms with Crippen LogP contribution in [0.4, 0.5) is 8.78 Å². The molecule has 1 aromatic heterocycles. The Morgan fingerprint density at radius 1 is 1.12 bits per heavy atom. The zero-order valence-electron chi connectivity index (χ0n) is 13.7. The van der Waals surface area contributed by atoms with Crippen LogP contribution < -0.4 is 5.32 Å². The van der Waals surface area contributed by atoms with Crippen LogP contribution in [0.15, 0.2) is 18.2 Å². The molecule has 0 bridgehead atoms. The normalized spacial score (nSPS) is 18.6. The van der Waals surface area contributed by atoms with E-state index in [1.165, 1.54) is 18.9 Å². The lowest BCUT2D eigenvalue weighted by Gasteiger charge is -2.32. The second kappa shape index (κ2) is 5.82. The number of aromatic amines is 1. The number of benzene rings is 1. The molecule has 1 saturated heterocycles. The average Bonchev–Trinajstić information content (AvgIpc) is 3.18. The highest BCUT2D eigenvalue weighted by Gasteiger charge is 2.44. The maximum Gasteiger partial charge on any atom is 0.268 e. The first kappa shape index (κ1) is 16.1. The topological polar surface area (TPSA) is 65.2 Å². The smallest absolute Gasteiger partial charge is 0.268 e. The number of likely N-dealkylation sites (tertiary alicyclic amines) is 1. The molecule has 2 aliphatic rings. The number of fused-ring (bicyclic) bond motifs is 1. The van der Waals surface area contributed by atoms with E-state index in [0.29, 0.717) is 5.41 Å². The summed E-state index contributed by atoms with van der Waals surface area (Å²) in [4.78, 5) is 28.9. The van der Waals surface area contributed by atoms with Gasteiger partial charge in [0.25, 0.3) is 5.91 Å². The first-order chi connectivity index (χ1) is 12.0. The third kappa shape index (κ3) is 3.10. The van der Waals surface area contributed by atoms with E-state index in [4.69, 9.17) is 0 Å². The number of halogens is 2. The summed E-state index contributed by atoms with van der Waals surface area (Å²) in [5.41, 5.74) is 0.798.